The number of carbonyl (C=O) groups excluding carboxylic acids is 2. The van der Waals surface area contributed by atoms with Gasteiger partial charge in [-0.25, -0.2) is 18.4 Å². The number of carbonyl (C=O) groups is 2. The van der Waals surface area contributed by atoms with Crippen LogP contribution in [0.25, 0.3) is 0 Å². The maximum absolute atomic E-state index is 13.8. The lowest BCUT2D eigenvalue weighted by atomic mass is 10.1. The lowest BCUT2D eigenvalue weighted by molar-refractivity contribution is -0.136. The van der Waals surface area contributed by atoms with E-state index < -0.39 is 29.8 Å². The first-order valence-electron chi connectivity index (χ1n) is 9.63. The van der Waals surface area contributed by atoms with Gasteiger partial charge in [-0.1, -0.05) is 30.9 Å². The van der Waals surface area contributed by atoms with Crippen molar-refractivity contribution < 1.29 is 37.7 Å². The van der Waals surface area contributed by atoms with Gasteiger partial charge < -0.3 is 19.3 Å². The number of ether oxygens (including phenoxy) is 3. The molecule has 9 heteroatoms. The van der Waals surface area contributed by atoms with Crippen molar-refractivity contribution in [2.75, 3.05) is 25.1 Å². The lowest BCUT2D eigenvalue weighted by Crippen LogP contribution is -2.18. The SMILES string of the molecule is C=CCOC(=O)/C=C/C[C@H](OC(=O)Nc1ccc(F)cc1F)c1ccc(OCCO)cc1. The molecular weight excluding hydrogens is 424 g/mol. The van der Waals surface area contributed by atoms with Gasteiger partial charge in [0.1, 0.15) is 36.7 Å². The van der Waals surface area contributed by atoms with Gasteiger partial charge in [0, 0.05) is 18.6 Å². The summed E-state index contributed by atoms with van der Waals surface area (Å²) in [6.07, 6.45) is 2.39. The Bertz CT molecular complexity index is 946. The summed E-state index contributed by atoms with van der Waals surface area (Å²) < 4.78 is 42.4. The van der Waals surface area contributed by atoms with E-state index >= 15 is 0 Å². The number of nitrogens with one attached hydrogen (secondary N) is 1. The van der Waals surface area contributed by atoms with Crippen molar-refractivity contribution in [1.29, 1.82) is 0 Å². The highest BCUT2D eigenvalue weighted by Gasteiger charge is 2.18. The second-order valence-corrected chi connectivity index (χ2v) is 6.34. The third-order valence-electron chi connectivity index (χ3n) is 3.98. The van der Waals surface area contributed by atoms with E-state index in [4.69, 9.17) is 19.3 Å². The third kappa shape index (κ3) is 8.19. The first-order valence-corrected chi connectivity index (χ1v) is 9.63. The topological polar surface area (TPSA) is 94.1 Å². The van der Waals surface area contributed by atoms with E-state index in [1.54, 1.807) is 24.3 Å². The predicted octanol–water partition coefficient (Wildman–Crippen LogP) is 4.30. The molecule has 1 amide bonds. The summed E-state index contributed by atoms with van der Waals surface area (Å²) >= 11 is 0. The Morgan fingerprint density at radius 2 is 1.91 bits per heavy atom. The largest absolute Gasteiger partial charge is 0.491 e. The summed E-state index contributed by atoms with van der Waals surface area (Å²) in [5.41, 5.74) is 0.326. The molecule has 7 nitrogen and oxygen atoms in total. The summed E-state index contributed by atoms with van der Waals surface area (Å²) in [6, 6.07) is 9.25. The van der Waals surface area contributed by atoms with Gasteiger partial charge in [0.05, 0.1) is 12.3 Å². The van der Waals surface area contributed by atoms with E-state index in [0.29, 0.717) is 17.4 Å². The molecule has 32 heavy (non-hydrogen) atoms. The lowest BCUT2D eigenvalue weighted by Gasteiger charge is -2.18. The summed E-state index contributed by atoms with van der Waals surface area (Å²) in [6.45, 7) is 3.49. The maximum Gasteiger partial charge on any atom is 0.412 e. The van der Waals surface area contributed by atoms with Crippen molar-refractivity contribution in [2.24, 2.45) is 0 Å². The van der Waals surface area contributed by atoms with Gasteiger partial charge >= 0.3 is 12.1 Å². The van der Waals surface area contributed by atoms with Crippen LogP contribution in [0.1, 0.15) is 18.1 Å². The molecule has 2 rings (SSSR count). The van der Waals surface area contributed by atoms with Gasteiger partial charge in [0.2, 0.25) is 0 Å². The number of benzene rings is 2. The van der Waals surface area contributed by atoms with Crippen LogP contribution in [0.2, 0.25) is 0 Å². The van der Waals surface area contributed by atoms with E-state index in [1.165, 1.54) is 18.2 Å². The van der Waals surface area contributed by atoms with Gasteiger partial charge in [0.15, 0.2) is 0 Å². The molecule has 0 radical (unpaired) electrons. The zero-order valence-electron chi connectivity index (χ0n) is 17.1. The molecule has 0 fully saturated rings. The molecule has 0 aliphatic heterocycles. The van der Waals surface area contributed by atoms with Gasteiger partial charge in [-0.3, -0.25) is 5.32 Å². The highest BCUT2D eigenvalue weighted by molar-refractivity contribution is 5.85. The fraction of sp³-hybridized carbons (Fsp3) is 0.217. The number of esters is 1. The Labute approximate surface area is 183 Å². The van der Waals surface area contributed by atoms with E-state index in [0.717, 1.165) is 12.1 Å². The average Bonchev–Trinajstić information content (AvgIpc) is 2.78. The fourth-order valence-corrected chi connectivity index (χ4v) is 2.53. The maximum atomic E-state index is 13.8. The number of anilines is 1. The van der Waals surface area contributed by atoms with E-state index in [1.807, 2.05) is 0 Å². The molecule has 170 valence electrons. The van der Waals surface area contributed by atoms with Crippen molar-refractivity contribution in [1.82, 2.24) is 0 Å². The second kappa shape index (κ2) is 12.9. The number of rotatable bonds is 11. The molecule has 0 saturated heterocycles. The van der Waals surface area contributed by atoms with Crippen molar-refractivity contribution in [3.8, 4) is 5.75 Å². The molecule has 2 aromatic rings. The summed E-state index contributed by atoms with van der Waals surface area (Å²) in [4.78, 5) is 23.9. The minimum atomic E-state index is -0.969. The second-order valence-electron chi connectivity index (χ2n) is 6.34. The highest BCUT2D eigenvalue weighted by Crippen LogP contribution is 2.25. The number of amides is 1. The first kappa shape index (κ1) is 24.5. The van der Waals surface area contributed by atoms with Crippen LogP contribution in [-0.4, -0.2) is 37.0 Å². The van der Waals surface area contributed by atoms with Crippen LogP contribution in [-0.2, 0) is 14.3 Å². The van der Waals surface area contributed by atoms with Crippen molar-refractivity contribution >= 4 is 17.7 Å². The van der Waals surface area contributed by atoms with Gasteiger partial charge in [0.25, 0.3) is 0 Å². The minimum absolute atomic E-state index is 0.0596. The molecule has 2 N–H and O–H groups in total. The first-order chi connectivity index (χ1) is 15.4. The Morgan fingerprint density at radius 3 is 2.56 bits per heavy atom. The minimum Gasteiger partial charge on any atom is -0.491 e. The standard InChI is InChI=1S/C23H23F2NO6/c1-2-13-31-22(28)5-3-4-21(16-6-9-18(10-7-16)30-14-12-27)32-23(29)26-20-11-8-17(24)15-19(20)25/h2-3,5-11,15,21,27H,1,4,12-14H2,(H,26,29)/b5-3+/t21-/m0/s1. The molecule has 0 spiro atoms. The smallest absolute Gasteiger partial charge is 0.412 e. The molecule has 0 bridgehead atoms. The number of hydrogen-bond acceptors (Lipinski definition) is 6. The molecule has 1 atom stereocenters. The molecule has 0 heterocycles. The van der Waals surface area contributed by atoms with Crippen LogP contribution in [0.15, 0.2) is 67.3 Å². The number of hydrogen-bond donors (Lipinski definition) is 2. The third-order valence-corrected chi connectivity index (χ3v) is 3.98. The van der Waals surface area contributed by atoms with E-state index in [9.17, 15) is 18.4 Å². The Balaban J connectivity index is 2.11. The normalized spacial score (nSPS) is 11.6. The van der Waals surface area contributed by atoms with Gasteiger partial charge in [-0.2, -0.15) is 0 Å². The van der Waals surface area contributed by atoms with Gasteiger partial charge in [-0.15, -0.1) is 0 Å². The zero-order valence-corrected chi connectivity index (χ0v) is 17.1. The number of halogens is 2. The Morgan fingerprint density at radius 1 is 1.16 bits per heavy atom. The predicted molar refractivity (Wildman–Crippen MR) is 113 cm³/mol. The van der Waals surface area contributed by atoms with Gasteiger partial charge in [-0.05, 0) is 29.8 Å². The number of aliphatic hydroxyl groups excluding tert-OH is 1. The molecule has 0 aromatic heterocycles. The quantitative estimate of drug-likeness (QED) is 0.303. The molecule has 0 aliphatic carbocycles. The Kier molecular flexibility index (Phi) is 9.86. The van der Waals surface area contributed by atoms with Crippen LogP contribution in [0.5, 0.6) is 5.75 Å². The molecule has 0 saturated carbocycles. The van der Waals surface area contributed by atoms with E-state index in [-0.39, 0.29) is 31.9 Å². The van der Waals surface area contributed by atoms with Crippen LogP contribution in [0.3, 0.4) is 0 Å². The molecule has 0 unspecified atom stereocenters. The average molecular weight is 447 g/mol. The van der Waals surface area contributed by atoms with E-state index in [2.05, 4.69) is 11.9 Å². The highest BCUT2D eigenvalue weighted by atomic mass is 19.1. The Hall–Kier alpha value is -3.72. The summed E-state index contributed by atoms with van der Waals surface area (Å²) in [5, 5.41) is 11.1. The van der Waals surface area contributed by atoms with Crippen LogP contribution >= 0.6 is 0 Å². The van der Waals surface area contributed by atoms with Crippen molar-refractivity contribution in [2.45, 2.75) is 12.5 Å². The fourth-order valence-electron chi connectivity index (χ4n) is 2.53. The van der Waals surface area contributed by atoms with Crippen molar-refractivity contribution in [3.05, 3.63) is 84.5 Å². The van der Waals surface area contributed by atoms with Crippen molar-refractivity contribution in [3.63, 3.8) is 0 Å². The monoisotopic (exact) mass is 447 g/mol. The summed E-state index contributed by atoms with van der Waals surface area (Å²) in [5.74, 6) is -1.82. The summed E-state index contributed by atoms with van der Waals surface area (Å²) in [7, 11) is 0. The molecule has 2 aromatic carbocycles. The van der Waals surface area contributed by atoms with Crippen LogP contribution in [0, 0.1) is 11.6 Å². The van der Waals surface area contributed by atoms with Crippen LogP contribution < -0.4 is 10.1 Å². The molecular formula is C23H23F2NO6. The van der Waals surface area contributed by atoms with Crippen LogP contribution in [0.4, 0.5) is 19.3 Å². The molecule has 0 aliphatic rings. The zero-order chi connectivity index (χ0) is 23.3. The number of aliphatic hydroxyl groups is 1.